The van der Waals surface area contributed by atoms with Crippen molar-refractivity contribution in [1.29, 1.82) is 0 Å². The van der Waals surface area contributed by atoms with Gasteiger partial charge in [-0.1, -0.05) is 42.5 Å². The zero-order chi connectivity index (χ0) is 22.8. The minimum atomic E-state index is -0.467. The summed E-state index contributed by atoms with van der Waals surface area (Å²) in [6, 6.07) is 20.8. The number of anilines is 1. The topological polar surface area (TPSA) is 69.4 Å². The van der Waals surface area contributed by atoms with E-state index in [-0.39, 0.29) is 11.8 Å². The molecular weight excluding hydrogens is 416 g/mol. The second-order valence-electron chi connectivity index (χ2n) is 8.40. The lowest BCUT2D eigenvalue weighted by Gasteiger charge is -2.37. The highest BCUT2D eigenvalue weighted by Crippen LogP contribution is 2.26. The summed E-state index contributed by atoms with van der Waals surface area (Å²) in [5, 5.41) is 0. The molecule has 0 spiro atoms. The molecule has 1 unspecified atom stereocenters. The van der Waals surface area contributed by atoms with Gasteiger partial charge in [-0.05, 0) is 42.3 Å². The lowest BCUT2D eigenvalue weighted by Crippen LogP contribution is -2.54. The van der Waals surface area contributed by atoms with Gasteiger partial charge >= 0.3 is 0 Å². The molecule has 2 amide bonds. The quantitative estimate of drug-likeness (QED) is 0.621. The number of amides is 2. The van der Waals surface area contributed by atoms with Crippen LogP contribution in [0.15, 0.2) is 82.4 Å². The summed E-state index contributed by atoms with van der Waals surface area (Å²) in [6.45, 7) is 4.29. The van der Waals surface area contributed by atoms with Gasteiger partial charge in [0, 0.05) is 32.6 Å². The average molecular weight is 443 g/mol. The molecule has 2 aliphatic heterocycles. The molecule has 7 heteroatoms. The normalized spacial score (nSPS) is 18.6. The van der Waals surface area contributed by atoms with Crippen LogP contribution in [0.25, 0.3) is 0 Å². The lowest BCUT2D eigenvalue weighted by molar-refractivity contribution is -0.118. The Morgan fingerprint density at radius 2 is 1.79 bits per heavy atom. The summed E-state index contributed by atoms with van der Waals surface area (Å²) in [6.07, 6.45) is 2.07. The maximum atomic E-state index is 13.5. The molecule has 1 atom stereocenters. The smallest absolute Gasteiger partial charge is 0.289 e. The van der Waals surface area contributed by atoms with Gasteiger partial charge in [-0.2, -0.15) is 0 Å². The van der Waals surface area contributed by atoms with Crippen LogP contribution in [0.1, 0.15) is 21.7 Å². The molecule has 0 bridgehead atoms. The molecule has 5 rings (SSSR count). The van der Waals surface area contributed by atoms with Gasteiger partial charge in [0.05, 0.1) is 12.0 Å². The summed E-state index contributed by atoms with van der Waals surface area (Å²) in [4.78, 5) is 36.7. The Kier molecular flexibility index (Phi) is 5.69. The Morgan fingerprint density at radius 3 is 2.48 bits per heavy atom. The van der Waals surface area contributed by atoms with Gasteiger partial charge in [-0.25, -0.2) is 9.89 Å². The molecule has 2 aromatic carbocycles. The number of carbonyl (C=O) groups is 2. The number of hydrogen-bond donors (Lipinski definition) is 0. The van der Waals surface area contributed by atoms with Crippen LogP contribution >= 0.6 is 0 Å². The van der Waals surface area contributed by atoms with Crippen LogP contribution in [0.3, 0.4) is 0 Å². The van der Waals surface area contributed by atoms with Gasteiger partial charge in [0.25, 0.3) is 11.8 Å². The number of guanidine groups is 1. The third-order valence-corrected chi connectivity index (χ3v) is 6.09. The Balaban J connectivity index is 1.38. The van der Waals surface area contributed by atoms with E-state index in [1.54, 1.807) is 21.9 Å². The van der Waals surface area contributed by atoms with Crippen LogP contribution in [0.2, 0.25) is 0 Å². The fourth-order valence-electron chi connectivity index (χ4n) is 4.37. The fraction of sp³-hybridized carbons (Fsp3) is 0.269. The number of aliphatic imine (C=N–C) groups is 1. The van der Waals surface area contributed by atoms with Gasteiger partial charge in [0.2, 0.25) is 5.96 Å². The van der Waals surface area contributed by atoms with Crippen LogP contribution in [0, 0.1) is 6.92 Å². The third kappa shape index (κ3) is 4.26. The predicted octanol–water partition coefficient (Wildman–Crippen LogP) is 3.36. The fourth-order valence-corrected chi connectivity index (χ4v) is 4.37. The van der Waals surface area contributed by atoms with Crippen LogP contribution in [-0.4, -0.2) is 59.8 Å². The first-order chi connectivity index (χ1) is 16.1. The van der Waals surface area contributed by atoms with Crippen molar-refractivity contribution in [3.05, 3.63) is 89.9 Å². The van der Waals surface area contributed by atoms with Crippen molar-refractivity contribution in [1.82, 2.24) is 9.80 Å². The zero-order valence-corrected chi connectivity index (χ0v) is 18.6. The van der Waals surface area contributed by atoms with Gasteiger partial charge < -0.3 is 14.2 Å². The predicted molar refractivity (Wildman–Crippen MR) is 126 cm³/mol. The van der Waals surface area contributed by atoms with Crippen LogP contribution in [0.4, 0.5) is 5.69 Å². The van der Waals surface area contributed by atoms with E-state index in [9.17, 15) is 9.59 Å². The average Bonchev–Trinajstić information content (AvgIpc) is 3.48. The molecule has 3 heterocycles. The summed E-state index contributed by atoms with van der Waals surface area (Å²) in [5.41, 5.74) is 2.99. The van der Waals surface area contributed by atoms with E-state index in [4.69, 9.17) is 9.41 Å². The van der Waals surface area contributed by atoms with Crippen molar-refractivity contribution >= 4 is 23.5 Å². The highest BCUT2D eigenvalue weighted by Gasteiger charge is 2.39. The molecule has 168 valence electrons. The van der Waals surface area contributed by atoms with Crippen molar-refractivity contribution in [2.24, 2.45) is 4.99 Å². The van der Waals surface area contributed by atoms with E-state index in [1.165, 1.54) is 6.26 Å². The van der Waals surface area contributed by atoms with E-state index in [1.807, 2.05) is 61.5 Å². The number of carbonyl (C=O) groups excluding carboxylic acids is 2. The molecule has 7 nitrogen and oxygen atoms in total. The molecule has 0 aliphatic carbocycles. The lowest BCUT2D eigenvalue weighted by atomic mass is 10.1. The first-order valence-electron chi connectivity index (χ1n) is 11.2. The molecule has 1 saturated heterocycles. The van der Waals surface area contributed by atoms with E-state index in [0.29, 0.717) is 44.3 Å². The summed E-state index contributed by atoms with van der Waals surface area (Å²) >= 11 is 0. The highest BCUT2D eigenvalue weighted by atomic mass is 16.3. The number of hydrogen-bond acceptors (Lipinski definition) is 5. The molecule has 0 saturated carbocycles. The number of rotatable bonds is 4. The van der Waals surface area contributed by atoms with E-state index in [0.717, 1.165) is 16.8 Å². The van der Waals surface area contributed by atoms with E-state index >= 15 is 0 Å². The van der Waals surface area contributed by atoms with Crippen molar-refractivity contribution < 1.29 is 14.0 Å². The summed E-state index contributed by atoms with van der Waals surface area (Å²) in [5.74, 6) is 0.882. The largest absolute Gasteiger partial charge is 0.459 e. The van der Waals surface area contributed by atoms with Crippen molar-refractivity contribution in [3.63, 3.8) is 0 Å². The Bertz CT molecular complexity index is 1170. The standard InChI is InChI=1S/C26H26N4O3/c1-19-7-5-10-21(17-19)30-24(31)22(18-20-8-3-2-4-9-20)27-26(30)29-14-12-28(13-15-29)25(32)23-11-6-16-33-23/h2-11,16-17,22H,12-15,18H2,1H3. The molecule has 33 heavy (non-hydrogen) atoms. The number of benzene rings is 2. The SMILES string of the molecule is Cc1cccc(N2C(=O)C(Cc3ccccc3)N=C2N2CCN(C(=O)c3ccco3)CC2)c1. The molecule has 0 radical (unpaired) electrons. The monoisotopic (exact) mass is 442 g/mol. The highest BCUT2D eigenvalue weighted by molar-refractivity contribution is 6.22. The number of aryl methyl sites for hydroxylation is 1. The van der Waals surface area contributed by atoms with E-state index < -0.39 is 6.04 Å². The summed E-state index contributed by atoms with van der Waals surface area (Å²) < 4.78 is 5.26. The minimum absolute atomic E-state index is 0.0199. The zero-order valence-electron chi connectivity index (χ0n) is 18.6. The maximum Gasteiger partial charge on any atom is 0.289 e. The summed E-state index contributed by atoms with van der Waals surface area (Å²) in [7, 11) is 0. The Morgan fingerprint density at radius 1 is 1.00 bits per heavy atom. The van der Waals surface area contributed by atoms with Crippen LogP contribution in [-0.2, 0) is 11.2 Å². The maximum absolute atomic E-state index is 13.5. The second-order valence-corrected chi connectivity index (χ2v) is 8.40. The number of furan rings is 1. The van der Waals surface area contributed by atoms with Gasteiger partial charge in [-0.3, -0.25) is 9.59 Å². The molecule has 0 N–H and O–H groups in total. The Hall–Kier alpha value is -3.87. The third-order valence-electron chi connectivity index (χ3n) is 6.09. The van der Waals surface area contributed by atoms with Gasteiger partial charge in [0.15, 0.2) is 5.76 Å². The van der Waals surface area contributed by atoms with Crippen molar-refractivity contribution in [2.45, 2.75) is 19.4 Å². The van der Waals surface area contributed by atoms with Crippen LogP contribution in [0.5, 0.6) is 0 Å². The van der Waals surface area contributed by atoms with Gasteiger partial charge in [0.1, 0.15) is 6.04 Å². The Labute approximate surface area is 192 Å². The first-order valence-corrected chi connectivity index (χ1v) is 11.2. The van der Waals surface area contributed by atoms with Crippen LogP contribution < -0.4 is 4.90 Å². The molecule has 1 aromatic heterocycles. The first kappa shape index (κ1) is 21.0. The van der Waals surface area contributed by atoms with E-state index in [2.05, 4.69) is 4.90 Å². The van der Waals surface area contributed by atoms with Crippen molar-refractivity contribution in [3.8, 4) is 0 Å². The molecule has 1 fully saturated rings. The number of nitrogens with zero attached hydrogens (tertiary/aromatic N) is 4. The molecule has 2 aliphatic rings. The minimum Gasteiger partial charge on any atom is -0.459 e. The number of piperazine rings is 1. The molecular formula is C26H26N4O3. The molecule has 3 aromatic rings. The van der Waals surface area contributed by atoms with Gasteiger partial charge in [-0.15, -0.1) is 0 Å². The second kappa shape index (κ2) is 8.94. The van der Waals surface area contributed by atoms with Crippen molar-refractivity contribution in [2.75, 3.05) is 31.1 Å².